The first-order valence-corrected chi connectivity index (χ1v) is 7.33. The van der Waals surface area contributed by atoms with Gasteiger partial charge in [0.15, 0.2) is 0 Å². The molecule has 1 aliphatic carbocycles. The van der Waals surface area contributed by atoms with Crippen molar-refractivity contribution in [2.45, 2.75) is 72.1 Å². The minimum absolute atomic E-state index is 0.763. The van der Waals surface area contributed by atoms with Crippen molar-refractivity contribution in [3.8, 4) is 0 Å². The Kier molecular flexibility index (Phi) is 6.16. The quantitative estimate of drug-likeness (QED) is 0.371. The van der Waals surface area contributed by atoms with E-state index in [1.807, 2.05) is 0 Å². The summed E-state index contributed by atoms with van der Waals surface area (Å²) in [6, 6.07) is 0. The Morgan fingerprint density at radius 3 is 2.38 bits per heavy atom. The molecule has 0 saturated heterocycles. The van der Waals surface area contributed by atoms with E-state index in [-0.39, 0.29) is 0 Å². The van der Waals surface area contributed by atoms with Crippen LogP contribution in [0.1, 0.15) is 72.1 Å². The predicted molar refractivity (Wildman–Crippen MR) is 73.6 cm³/mol. The summed E-state index contributed by atoms with van der Waals surface area (Å²) in [4.78, 5) is 0. The first-order valence-electron chi connectivity index (χ1n) is 7.33. The van der Waals surface area contributed by atoms with Crippen LogP contribution in [-0.4, -0.2) is 0 Å². The molecule has 0 aliphatic heterocycles. The Bertz CT molecular complexity index is 198. The van der Waals surface area contributed by atoms with Crippen molar-refractivity contribution in [1.82, 2.24) is 0 Å². The molecule has 16 heavy (non-hydrogen) atoms. The van der Waals surface area contributed by atoms with Gasteiger partial charge in [0.05, 0.1) is 0 Å². The standard InChI is InChI=1S/C16H30/c1-5-6-7-8-9-10-14(3)15(4)16-11-13(2)12-16/h13-14,16H,4-12H2,1-3H3. The monoisotopic (exact) mass is 222 g/mol. The molecule has 0 heterocycles. The topological polar surface area (TPSA) is 0 Å². The number of unbranched alkanes of at least 4 members (excludes halogenated alkanes) is 4. The molecule has 0 bridgehead atoms. The molecule has 1 unspecified atom stereocenters. The second kappa shape index (κ2) is 7.14. The van der Waals surface area contributed by atoms with Crippen molar-refractivity contribution < 1.29 is 0 Å². The first kappa shape index (κ1) is 13.8. The van der Waals surface area contributed by atoms with Crippen LogP contribution in [0.5, 0.6) is 0 Å². The van der Waals surface area contributed by atoms with Crippen molar-refractivity contribution in [3.63, 3.8) is 0 Å². The van der Waals surface area contributed by atoms with Gasteiger partial charge in [-0.1, -0.05) is 65.0 Å². The third kappa shape index (κ3) is 4.31. The van der Waals surface area contributed by atoms with Crippen LogP contribution in [0.25, 0.3) is 0 Å². The van der Waals surface area contributed by atoms with Crippen LogP contribution in [0, 0.1) is 17.8 Å². The van der Waals surface area contributed by atoms with E-state index in [9.17, 15) is 0 Å². The van der Waals surface area contributed by atoms with Gasteiger partial charge in [0.25, 0.3) is 0 Å². The normalized spacial score (nSPS) is 26.2. The molecule has 1 atom stereocenters. The van der Waals surface area contributed by atoms with Gasteiger partial charge < -0.3 is 0 Å². The molecule has 1 saturated carbocycles. The Balaban J connectivity index is 2.05. The fourth-order valence-electron chi connectivity index (χ4n) is 2.85. The molecule has 1 rings (SSSR count). The summed E-state index contributed by atoms with van der Waals surface area (Å²) in [7, 11) is 0. The Morgan fingerprint density at radius 2 is 1.81 bits per heavy atom. The number of hydrogen-bond acceptors (Lipinski definition) is 0. The van der Waals surface area contributed by atoms with E-state index in [1.54, 1.807) is 5.57 Å². The summed E-state index contributed by atoms with van der Waals surface area (Å²) in [5, 5.41) is 0. The predicted octanol–water partition coefficient (Wildman–Crippen LogP) is 5.59. The van der Waals surface area contributed by atoms with Crippen molar-refractivity contribution in [2.24, 2.45) is 17.8 Å². The molecule has 0 aromatic carbocycles. The fraction of sp³-hybridized carbons (Fsp3) is 0.875. The molecule has 1 aliphatic rings. The van der Waals surface area contributed by atoms with Crippen LogP contribution in [0.4, 0.5) is 0 Å². The maximum Gasteiger partial charge on any atom is -0.0198 e. The van der Waals surface area contributed by atoms with Gasteiger partial charge in [-0.3, -0.25) is 0 Å². The van der Waals surface area contributed by atoms with E-state index in [2.05, 4.69) is 27.4 Å². The van der Waals surface area contributed by atoms with Crippen molar-refractivity contribution in [2.75, 3.05) is 0 Å². The zero-order chi connectivity index (χ0) is 12.0. The lowest BCUT2D eigenvalue weighted by atomic mass is 9.69. The van der Waals surface area contributed by atoms with Crippen molar-refractivity contribution in [3.05, 3.63) is 12.2 Å². The summed E-state index contributed by atoms with van der Waals surface area (Å²) in [6.45, 7) is 11.3. The molecule has 0 N–H and O–H groups in total. The summed E-state index contributed by atoms with van der Waals surface area (Å²) in [6.07, 6.45) is 11.2. The summed E-state index contributed by atoms with van der Waals surface area (Å²) in [5.74, 6) is 2.58. The highest BCUT2D eigenvalue weighted by molar-refractivity contribution is 5.08. The molecule has 0 heteroatoms. The van der Waals surface area contributed by atoms with E-state index in [0.29, 0.717) is 0 Å². The van der Waals surface area contributed by atoms with E-state index in [1.165, 1.54) is 51.4 Å². The third-order valence-corrected chi connectivity index (χ3v) is 4.27. The molecule has 94 valence electrons. The molecule has 0 spiro atoms. The minimum Gasteiger partial charge on any atom is -0.0993 e. The van der Waals surface area contributed by atoms with E-state index < -0.39 is 0 Å². The van der Waals surface area contributed by atoms with Crippen molar-refractivity contribution in [1.29, 1.82) is 0 Å². The maximum absolute atomic E-state index is 4.33. The van der Waals surface area contributed by atoms with Gasteiger partial charge in [0.1, 0.15) is 0 Å². The average Bonchev–Trinajstić information content (AvgIpc) is 2.23. The van der Waals surface area contributed by atoms with E-state index in [4.69, 9.17) is 0 Å². The average molecular weight is 222 g/mol. The Hall–Kier alpha value is -0.260. The highest BCUT2D eigenvalue weighted by atomic mass is 14.3. The van der Waals surface area contributed by atoms with Crippen LogP contribution in [0.15, 0.2) is 12.2 Å². The highest BCUT2D eigenvalue weighted by Crippen LogP contribution is 2.41. The maximum atomic E-state index is 4.33. The van der Waals surface area contributed by atoms with E-state index >= 15 is 0 Å². The highest BCUT2D eigenvalue weighted by Gasteiger charge is 2.29. The van der Waals surface area contributed by atoms with Crippen molar-refractivity contribution >= 4 is 0 Å². The Labute approximate surface area is 103 Å². The van der Waals surface area contributed by atoms with Crippen LogP contribution in [-0.2, 0) is 0 Å². The van der Waals surface area contributed by atoms with Gasteiger partial charge in [0, 0.05) is 0 Å². The van der Waals surface area contributed by atoms with Crippen LogP contribution in [0.3, 0.4) is 0 Å². The molecule has 0 aromatic heterocycles. The first-order chi connectivity index (χ1) is 7.65. The second-order valence-corrected chi connectivity index (χ2v) is 5.95. The van der Waals surface area contributed by atoms with Crippen LogP contribution >= 0.6 is 0 Å². The molecule has 0 radical (unpaired) electrons. The van der Waals surface area contributed by atoms with Gasteiger partial charge in [0.2, 0.25) is 0 Å². The molecule has 0 nitrogen and oxygen atoms in total. The van der Waals surface area contributed by atoms with Gasteiger partial charge >= 0.3 is 0 Å². The number of allylic oxidation sites excluding steroid dienone is 1. The molecule has 0 amide bonds. The molecular formula is C16H30. The van der Waals surface area contributed by atoms with Gasteiger partial charge in [-0.25, -0.2) is 0 Å². The van der Waals surface area contributed by atoms with Crippen LogP contribution in [0.2, 0.25) is 0 Å². The lowest BCUT2D eigenvalue weighted by Crippen LogP contribution is -2.25. The SMILES string of the molecule is C=C(C(C)CCCCCCC)C1CC(C)C1. The van der Waals surface area contributed by atoms with Gasteiger partial charge in [-0.15, -0.1) is 0 Å². The Morgan fingerprint density at radius 1 is 1.19 bits per heavy atom. The second-order valence-electron chi connectivity index (χ2n) is 5.95. The lowest BCUT2D eigenvalue weighted by molar-refractivity contribution is 0.233. The largest absolute Gasteiger partial charge is 0.0993 e. The lowest BCUT2D eigenvalue weighted by Gasteiger charge is -2.36. The third-order valence-electron chi connectivity index (χ3n) is 4.27. The molecule has 0 aromatic rings. The summed E-state index contributed by atoms with van der Waals surface area (Å²) >= 11 is 0. The van der Waals surface area contributed by atoms with E-state index in [0.717, 1.165) is 17.8 Å². The zero-order valence-electron chi connectivity index (χ0n) is 11.6. The van der Waals surface area contributed by atoms with Crippen LogP contribution < -0.4 is 0 Å². The number of rotatable bonds is 8. The smallest absolute Gasteiger partial charge is 0.0198 e. The molecule has 1 fully saturated rings. The van der Waals surface area contributed by atoms with Gasteiger partial charge in [-0.05, 0) is 37.0 Å². The molecular weight excluding hydrogens is 192 g/mol. The number of hydrogen-bond donors (Lipinski definition) is 0. The fourth-order valence-corrected chi connectivity index (χ4v) is 2.85. The van der Waals surface area contributed by atoms with Gasteiger partial charge in [-0.2, -0.15) is 0 Å². The summed E-state index contributed by atoms with van der Waals surface area (Å²) in [5.41, 5.74) is 1.55. The minimum atomic E-state index is 0.763. The summed E-state index contributed by atoms with van der Waals surface area (Å²) < 4.78 is 0. The zero-order valence-corrected chi connectivity index (χ0v) is 11.6.